The highest BCUT2D eigenvalue weighted by Gasteiger charge is 2.30. The van der Waals surface area contributed by atoms with Gasteiger partial charge in [-0.05, 0) is 37.1 Å². The fourth-order valence-electron chi connectivity index (χ4n) is 3.30. The molecule has 1 aromatic rings. The van der Waals surface area contributed by atoms with Gasteiger partial charge in [0.15, 0.2) is 0 Å². The standard InChI is InChI=1S/C15H22N4O/c16-17-15(20)13-5-3-12(4-6-13)10-18-8-9-19-7-1-2-14(19)11-18/h3-6,14H,1-2,7-11,16H2,(H,17,20). The number of nitrogen functional groups attached to an aromatic ring is 1. The molecule has 0 aromatic heterocycles. The van der Waals surface area contributed by atoms with Crippen LogP contribution >= 0.6 is 0 Å². The topological polar surface area (TPSA) is 61.6 Å². The van der Waals surface area contributed by atoms with Gasteiger partial charge in [0, 0.05) is 37.8 Å². The van der Waals surface area contributed by atoms with E-state index in [-0.39, 0.29) is 5.91 Å². The third-order valence-corrected chi connectivity index (χ3v) is 4.42. The summed E-state index contributed by atoms with van der Waals surface area (Å²) in [6.07, 6.45) is 2.69. The van der Waals surface area contributed by atoms with Crippen LogP contribution in [0.4, 0.5) is 0 Å². The third-order valence-electron chi connectivity index (χ3n) is 4.42. The number of hydrogen-bond donors (Lipinski definition) is 2. The van der Waals surface area contributed by atoms with Gasteiger partial charge < -0.3 is 0 Å². The molecule has 0 aliphatic carbocycles. The van der Waals surface area contributed by atoms with Gasteiger partial charge in [-0.15, -0.1) is 0 Å². The van der Waals surface area contributed by atoms with E-state index in [0.717, 1.165) is 19.1 Å². The Morgan fingerprint density at radius 3 is 2.80 bits per heavy atom. The van der Waals surface area contributed by atoms with E-state index in [1.165, 1.54) is 38.0 Å². The van der Waals surface area contributed by atoms with Crippen LogP contribution in [0.5, 0.6) is 0 Å². The van der Waals surface area contributed by atoms with Crippen molar-refractivity contribution in [3.8, 4) is 0 Å². The van der Waals surface area contributed by atoms with E-state index < -0.39 is 0 Å². The lowest BCUT2D eigenvalue weighted by atomic mass is 10.1. The van der Waals surface area contributed by atoms with Gasteiger partial charge in [-0.25, -0.2) is 5.84 Å². The molecule has 20 heavy (non-hydrogen) atoms. The first-order valence-corrected chi connectivity index (χ1v) is 7.32. The molecule has 108 valence electrons. The minimum Gasteiger partial charge on any atom is -0.298 e. The van der Waals surface area contributed by atoms with E-state index in [4.69, 9.17) is 5.84 Å². The summed E-state index contributed by atoms with van der Waals surface area (Å²) in [5.74, 6) is 4.89. The van der Waals surface area contributed by atoms with Crippen LogP contribution in [-0.4, -0.2) is 47.9 Å². The molecule has 2 saturated heterocycles. The van der Waals surface area contributed by atoms with Crippen molar-refractivity contribution >= 4 is 5.91 Å². The first-order chi connectivity index (χ1) is 9.76. The molecule has 1 amide bonds. The highest BCUT2D eigenvalue weighted by Crippen LogP contribution is 2.22. The molecule has 0 spiro atoms. The molecule has 3 N–H and O–H groups in total. The molecule has 1 aromatic carbocycles. The maximum Gasteiger partial charge on any atom is 0.265 e. The Morgan fingerprint density at radius 1 is 1.25 bits per heavy atom. The average Bonchev–Trinajstić information content (AvgIpc) is 2.95. The second-order valence-electron chi connectivity index (χ2n) is 5.74. The van der Waals surface area contributed by atoms with Gasteiger partial charge in [0.25, 0.3) is 5.91 Å². The molecule has 1 atom stereocenters. The van der Waals surface area contributed by atoms with Crippen molar-refractivity contribution in [2.24, 2.45) is 5.84 Å². The molecular formula is C15H22N4O. The molecule has 1 unspecified atom stereocenters. The number of carbonyl (C=O) groups is 1. The molecule has 3 rings (SSSR count). The predicted octanol–water partition coefficient (Wildman–Crippen LogP) is 0.570. The summed E-state index contributed by atoms with van der Waals surface area (Å²) in [5.41, 5.74) is 4.02. The maximum absolute atomic E-state index is 11.4. The molecule has 0 bridgehead atoms. The highest BCUT2D eigenvalue weighted by molar-refractivity contribution is 5.93. The van der Waals surface area contributed by atoms with Gasteiger partial charge in [-0.2, -0.15) is 0 Å². The summed E-state index contributed by atoms with van der Waals surface area (Å²) >= 11 is 0. The summed E-state index contributed by atoms with van der Waals surface area (Å²) in [6, 6.07) is 8.47. The Kier molecular flexibility index (Phi) is 4.00. The molecule has 5 heteroatoms. The van der Waals surface area contributed by atoms with Crippen LogP contribution in [0.1, 0.15) is 28.8 Å². The minimum atomic E-state index is -0.240. The molecule has 0 saturated carbocycles. The van der Waals surface area contributed by atoms with Crippen LogP contribution in [0.2, 0.25) is 0 Å². The van der Waals surface area contributed by atoms with Crippen LogP contribution in [0.25, 0.3) is 0 Å². The largest absolute Gasteiger partial charge is 0.298 e. The third kappa shape index (κ3) is 2.85. The molecule has 0 radical (unpaired) electrons. The number of nitrogens with two attached hydrogens (primary N) is 1. The summed E-state index contributed by atoms with van der Waals surface area (Å²) in [5, 5.41) is 0. The van der Waals surface area contributed by atoms with Crippen LogP contribution in [-0.2, 0) is 6.54 Å². The van der Waals surface area contributed by atoms with E-state index >= 15 is 0 Å². The Balaban J connectivity index is 1.59. The van der Waals surface area contributed by atoms with Crippen LogP contribution in [0.15, 0.2) is 24.3 Å². The van der Waals surface area contributed by atoms with Gasteiger partial charge >= 0.3 is 0 Å². The van der Waals surface area contributed by atoms with Crippen molar-refractivity contribution in [3.05, 3.63) is 35.4 Å². The van der Waals surface area contributed by atoms with Crippen molar-refractivity contribution in [3.63, 3.8) is 0 Å². The lowest BCUT2D eigenvalue weighted by Gasteiger charge is -2.37. The zero-order valence-electron chi connectivity index (χ0n) is 11.7. The number of hydrazine groups is 1. The lowest BCUT2D eigenvalue weighted by molar-refractivity contribution is 0.0953. The number of benzene rings is 1. The first kappa shape index (κ1) is 13.5. The fourth-order valence-corrected chi connectivity index (χ4v) is 3.30. The predicted molar refractivity (Wildman–Crippen MR) is 78.0 cm³/mol. The zero-order chi connectivity index (χ0) is 13.9. The second kappa shape index (κ2) is 5.91. The van der Waals surface area contributed by atoms with Gasteiger partial charge in [-0.3, -0.25) is 20.0 Å². The van der Waals surface area contributed by atoms with Crippen LogP contribution in [0.3, 0.4) is 0 Å². The number of hydrogen-bond acceptors (Lipinski definition) is 4. The van der Waals surface area contributed by atoms with Gasteiger partial charge in [0.05, 0.1) is 0 Å². The Labute approximate surface area is 119 Å². The smallest absolute Gasteiger partial charge is 0.265 e. The molecule has 2 fully saturated rings. The van der Waals surface area contributed by atoms with Gasteiger partial charge in [0.1, 0.15) is 0 Å². The normalized spacial score (nSPS) is 23.6. The summed E-state index contributed by atoms with van der Waals surface area (Å²) in [6.45, 7) is 5.75. The summed E-state index contributed by atoms with van der Waals surface area (Å²) in [7, 11) is 0. The van der Waals surface area contributed by atoms with Crippen LogP contribution < -0.4 is 11.3 Å². The zero-order valence-corrected chi connectivity index (χ0v) is 11.7. The lowest BCUT2D eigenvalue weighted by Crippen LogP contribution is -2.49. The first-order valence-electron chi connectivity index (χ1n) is 7.32. The SMILES string of the molecule is NNC(=O)c1ccc(CN2CCN3CCCC3C2)cc1. The number of piperazine rings is 1. The number of nitrogens with one attached hydrogen (secondary N) is 1. The number of rotatable bonds is 3. The van der Waals surface area contributed by atoms with E-state index in [2.05, 4.69) is 15.2 Å². The summed E-state index contributed by atoms with van der Waals surface area (Å²) < 4.78 is 0. The van der Waals surface area contributed by atoms with Gasteiger partial charge in [-0.1, -0.05) is 12.1 Å². The maximum atomic E-state index is 11.4. The monoisotopic (exact) mass is 274 g/mol. The Hall–Kier alpha value is -1.43. The number of carbonyl (C=O) groups excluding carboxylic acids is 1. The number of amides is 1. The van der Waals surface area contributed by atoms with E-state index in [0.29, 0.717) is 5.56 Å². The Bertz CT molecular complexity index is 473. The number of nitrogens with zero attached hydrogens (tertiary/aromatic N) is 2. The van der Waals surface area contributed by atoms with Crippen molar-refractivity contribution in [1.82, 2.24) is 15.2 Å². The fraction of sp³-hybridized carbons (Fsp3) is 0.533. The van der Waals surface area contributed by atoms with Crippen molar-refractivity contribution in [2.45, 2.75) is 25.4 Å². The molecule has 5 nitrogen and oxygen atoms in total. The molecule has 2 heterocycles. The number of fused-ring (bicyclic) bond motifs is 1. The van der Waals surface area contributed by atoms with Crippen molar-refractivity contribution < 1.29 is 4.79 Å². The molecule has 2 aliphatic heterocycles. The van der Waals surface area contributed by atoms with Crippen LogP contribution in [0, 0.1) is 0 Å². The van der Waals surface area contributed by atoms with E-state index in [1.807, 2.05) is 24.3 Å². The minimum absolute atomic E-state index is 0.240. The van der Waals surface area contributed by atoms with E-state index in [9.17, 15) is 4.79 Å². The average molecular weight is 274 g/mol. The van der Waals surface area contributed by atoms with Gasteiger partial charge in [0.2, 0.25) is 0 Å². The summed E-state index contributed by atoms with van der Waals surface area (Å²) in [4.78, 5) is 16.5. The molecule has 2 aliphatic rings. The molecular weight excluding hydrogens is 252 g/mol. The quantitative estimate of drug-likeness (QED) is 0.480. The van der Waals surface area contributed by atoms with Crippen molar-refractivity contribution in [2.75, 3.05) is 26.2 Å². The Morgan fingerprint density at radius 2 is 2.05 bits per heavy atom. The second-order valence-corrected chi connectivity index (χ2v) is 5.74. The van der Waals surface area contributed by atoms with E-state index in [1.54, 1.807) is 0 Å². The van der Waals surface area contributed by atoms with Crippen molar-refractivity contribution in [1.29, 1.82) is 0 Å². The highest BCUT2D eigenvalue weighted by atomic mass is 16.2.